The number of hydrogen-bond donors (Lipinski definition) is 2. The summed E-state index contributed by atoms with van der Waals surface area (Å²) in [5.41, 5.74) is 1.17. The fourth-order valence-corrected chi connectivity index (χ4v) is 2.20. The smallest absolute Gasteiger partial charge is 0.258 e. The zero-order valence-corrected chi connectivity index (χ0v) is 14.2. The van der Waals surface area contributed by atoms with Gasteiger partial charge in [-0.3, -0.25) is 4.79 Å². The van der Waals surface area contributed by atoms with Gasteiger partial charge in [0.05, 0.1) is 4.47 Å². The molecule has 0 radical (unpaired) electrons. The summed E-state index contributed by atoms with van der Waals surface area (Å²) in [7, 11) is 0. The Kier molecular flexibility index (Phi) is 8.08. The quantitative estimate of drug-likeness (QED) is 0.670. The van der Waals surface area contributed by atoms with Crippen LogP contribution in [0.5, 0.6) is 5.75 Å². The third kappa shape index (κ3) is 7.29. The molecule has 5 heteroatoms. The monoisotopic (exact) mass is 354 g/mol. The summed E-state index contributed by atoms with van der Waals surface area (Å²) >= 11 is 3.47. The Bertz CT molecular complexity index is 475. The molecule has 0 saturated heterocycles. The van der Waals surface area contributed by atoms with Crippen LogP contribution in [0.3, 0.4) is 0 Å². The Balaban J connectivity index is 2.46. The van der Waals surface area contributed by atoms with Gasteiger partial charge in [0.25, 0.3) is 5.91 Å². The van der Waals surface area contributed by atoms with Gasteiger partial charge in [0, 0.05) is 13.1 Å². The summed E-state index contributed by atoms with van der Waals surface area (Å²) in [5.74, 6) is 1.13. The lowest BCUT2D eigenvalue weighted by Crippen LogP contribution is -2.28. The number of nitrogens with one attached hydrogen (secondary N) is 2. The fourth-order valence-electron chi connectivity index (χ4n) is 1.66. The molecule has 1 aromatic rings. The van der Waals surface area contributed by atoms with Crippen LogP contribution in [-0.4, -0.2) is 25.6 Å². The van der Waals surface area contributed by atoms with Crippen molar-refractivity contribution < 1.29 is 9.53 Å². The molecule has 0 heterocycles. The van der Waals surface area contributed by atoms with E-state index < -0.39 is 0 Å². The lowest BCUT2D eigenvalue weighted by molar-refractivity contribution is -0.122. The van der Waals surface area contributed by atoms with Gasteiger partial charge in [0.2, 0.25) is 0 Å². The average molecular weight is 355 g/mol. The van der Waals surface area contributed by atoms with Crippen molar-refractivity contribution in [3.63, 3.8) is 0 Å². The van der Waals surface area contributed by atoms with Crippen LogP contribution in [0.15, 0.2) is 35.3 Å². The molecule has 1 rings (SSSR count). The maximum Gasteiger partial charge on any atom is 0.258 e. The van der Waals surface area contributed by atoms with Gasteiger partial charge in [0.1, 0.15) is 5.75 Å². The molecule has 0 aromatic heterocycles. The molecule has 0 unspecified atom stereocenters. The van der Waals surface area contributed by atoms with E-state index in [1.807, 2.05) is 18.2 Å². The number of amides is 1. The zero-order chi connectivity index (χ0) is 15.7. The summed E-state index contributed by atoms with van der Waals surface area (Å²) in [6.07, 6.45) is 1.63. The van der Waals surface area contributed by atoms with Gasteiger partial charge in [-0.1, -0.05) is 26.0 Å². The Labute approximate surface area is 135 Å². The van der Waals surface area contributed by atoms with Crippen LogP contribution in [0.4, 0.5) is 0 Å². The number of carbonyl (C=O) groups is 1. The van der Waals surface area contributed by atoms with Crippen LogP contribution in [0.2, 0.25) is 0 Å². The first-order valence-electron chi connectivity index (χ1n) is 7.02. The second-order valence-corrected chi connectivity index (χ2v) is 6.03. The highest BCUT2D eigenvalue weighted by atomic mass is 79.9. The Morgan fingerprint density at radius 2 is 2.24 bits per heavy atom. The highest BCUT2D eigenvalue weighted by Crippen LogP contribution is 2.25. The van der Waals surface area contributed by atoms with Crippen molar-refractivity contribution in [1.82, 2.24) is 10.6 Å². The summed E-state index contributed by atoms with van der Waals surface area (Å²) < 4.78 is 6.33. The Morgan fingerprint density at radius 1 is 1.48 bits per heavy atom. The fraction of sp³-hybridized carbons (Fsp3) is 0.438. The van der Waals surface area contributed by atoms with Crippen LogP contribution in [0.1, 0.15) is 19.4 Å². The summed E-state index contributed by atoms with van der Waals surface area (Å²) in [6.45, 7) is 10.1. The first kappa shape index (κ1) is 17.7. The van der Waals surface area contributed by atoms with Gasteiger partial charge in [-0.25, -0.2) is 0 Å². The van der Waals surface area contributed by atoms with Crippen molar-refractivity contribution >= 4 is 21.8 Å². The van der Waals surface area contributed by atoms with Gasteiger partial charge in [-0.15, -0.1) is 6.58 Å². The van der Waals surface area contributed by atoms with Crippen LogP contribution in [0, 0.1) is 5.92 Å². The van der Waals surface area contributed by atoms with E-state index in [0.29, 0.717) is 18.2 Å². The third-order valence-electron chi connectivity index (χ3n) is 2.68. The molecule has 0 fully saturated rings. The van der Waals surface area contributed by atoms with Gasteiger partial charge >= 0.3 is 0 Å². The average Bonchev–Trinajstić information content (AvgIpc) is 2.43. The molecule has 0 saturated carbocycles. The van der Waals surface area contributed by atoms with Gasteiger partial charge in [-0.05, 0) is 46.1 Å². The zero-order valence-electron chi connectivity index (χ0n) is 12.6. The molecule has 0 bridgehead atoms. The van der Waals surface area contributed by atoms with Crippen molar-refractivity contribution in [2.24, 2.45) is 5.92 Å². The normalized spacial score (nSPS) is 10.5. The predicted octanol–water partition coefficient (Wildman–Crippen LogP) is 2.88. The molecular formula is C16H23BrN2O2. The molecule has 0 spiro atoms. The molecule has 0 aliphatic rings. The largest absolute Gasteiger partial charge is 0.483 e. The minimum Gasteiger partial charge on any atom is -0.483 e. The van der Waals surface area contributed by atoms with E-state index in [4.69, 9.17) is 4.74 Å². The standard InChI is InChI=1S/C16H23BrN2O2/c1-4-7-19-16(20)11-21-15-6-5-13(8-14(15)17)10-18-9-12(2)3/h4-6,8,12,18H,1,7,9-11H2,2-3H3,(H,19,20). The van der Waals surface area contributed by atoms with Crippen molar-refractivity contribution in [3.05, 3.63) is 40.9 Å². The van der Waals surface area contributed by atoms with Crippen LogP contribution < -0.4 is 15.4 Å². The van der Waals surface area contributed by atoms with Crippen LogP contribution >= 0.6 is 15.9 Å². The number of ether oxygens (including phenoxy) is 1. The molecule has 21 heavy (non-hydrogen) atoms. The number of benzene rings is 1. The van der Waals surface area contributed by atoms with E-state index in [9.17, 15) is 4.79 Å². The van der Waals surface area contributed by atoms with E-state index in [1.54, 1.807) is 6.08 Å². The van der Waals surface area contributed by atoms with E-state index in [1.165, 1.54) is 5.56 Å². The minimum absolute atomic E-state index is 0.00259. The number of halogens is 1. The van der Waals surface area contributed by atoms with Crippen LogP contribution in [-0.2, 0) is 11.3 Å². The third-order valence-corrected chi connectivity index (χ3v) is 3.30. The van der Waals surface area contributed by atoms with Gasteiger partial charge in [0.15, 0.2) is 6.61 Å². The van der Waals surface area contributed by atoms with E-state index in [0.717, 1.165) is 17.6 Å². The number of hydrogen-bond acceptors (Lipinski definition) is 3. The molecule has 1 aromatic carbocycles. The first-order chi connectivity index (χ1) is 10.0. The highest BCUT2D eigenvalue weighted by molar-refractivity contribution is 9.10. The summed E-state index contributed by atoms with van der Waals surface area (Å²) in [4.78, 5) is 11.4. The second kappa shape index (κ2) is 9.58. The molecule has 2 N–H and O–H groups in total. The minimum atomic E-state index is -0.163. The van der Waals surface area contributed by atoms with E-state index in [-0.39, 0.29) is 12.5 Å². The lowest BCUT2D eigenvalue weighted by Gasteiger charge is -2.11. The Morgan fingerprint density at radius 3 is 2.86 bits per heavy atom. The van der Waals surface area contributed by atoms with Crippen molar-refractivity contribution in [1.29, 1.82) is 0 Å². The second-order valence-electron chi connectivity index (χ2n) is 5.17. The number of rotatable bonds is 9. The molecular weight excluding hydrogens is 332 g/mol. The first-order valence-corrected chi connectivity index (χ1v) is 7.81. The summed E-state index contributed by atoms with van der Waals surface area (Å²) in [6, 6.07) is 5.87. The molecule has 0 aliphatic heterocycles. The molecule has 0 aliphatic carbocycles. The summed E-state index contributed by atoms with van der Waals surface area (Å²) in [5, 5.41) is 6.05. The number of carbonyl (C=O) groups excluding carboxylic acids is 1. The lowest BCUT2D eigenvalue weighted by atomic mass is 10.2. The predicted molar refractivity (Wildman–Crippen MR) is 89.4 cm³/mol. The van der Waals surface area contributed by atoms with Crippen molar-refractivity contribution in [3.8, 4) is 5.75 Å². The van der Waals surface area contributed by atoms with Gasteiger partial charge < -0.3 is 15.4 Å². The van der Waals surface area contributed by atoms with E-state index in [2.05, 4.69) is 47.0 Å². The van der Waals surface area contributed by atoms with Crippen molar-refractivity contribution in [2.45, 2.75) is 20.4 Å². The molecule has 4 nitrogen and oxygen atoms in total. The Hall–Kier alpha value is -1.33. The van der Waals surface area contributed by atoms with Gasteiger partial charge in [-0.2, -0.15) is 0 Å². The SMILES string of the molecule is C=CCNC(=O)COc1ccc(CNCC(C)C)cc1Br. The highest BCUT2D eigenvalue weighted by Gasteiger charge is 2.06. The van der Waals surface area contributed by atoms with E-state index >= 15 is 0 Å². The maximum absolute atomic E-state index is 11.4. The molecule has 116 valence electrons. The maximum atomic E-state index is 11.4. The van der Waals surface area contributed by atoms with Crippen LogP contribution in [0.25, 0.3) is 0 Å². The molecule has 0 atom stereocenters. The topological polar surface area (TPSA) is 50.4 Å². The van der Waals surface area contributed by atoms with Crippen molar-refractivity contribution in [2.75, 3.05) is 19.7 Å². The molecule has 1 amide bonds.